The quantitative estimate of drug-likeness (QED) is 0.723. The number of carbonyl (C=O) groups is 4. The minimum atomic E-state index is -0.812. The van der Waals surface area contributed by atoms with Gasteiger partial charge in [-0.25, -0.2) is 4.79 Å². The largest absolute Gasteiger partial charge is 0.507 e. The first-order valence-corrected chi connectivity index (χ1v) is 8.08. The second-order valence-electron chi connectivity index (χ2n) is 5.00. The Hall–Kier alpha value is -2.55. The zero-order valence-electron chi connectivity index (χ0n) is 12.9. The maximum Gasteiger partial charge on any atom is 0.342 e. The molecule has 1 aliphatic heterocycles. The molecule has 1 fully saturated rings. The average Bonchev–Trinajstić information content (AvgIpc) is 2.87. The Kier molecular flexibility index (Phi) is 5.80. The lowest BCUT2D eigenvalue weighted by Gasteiger charge is -2.13. The number of amides is 3. The van der Waals surface area contributed by atoms with Crippen LogP contribution >= 0.6 is 11.8 Å². The summed E-state index contributed by atoms with van der Waals surface area (Å²) in [5.41, 5.74) is 0.500. The second kappa shape index (κ2) is 7.82. The molecule has 3 amide bonds. The van der Waals surface area contributed by atoms with E-state index in [1.807, 2.05) is 0 Å². The van der Waals surface area contributed by atoms with Gasteiger partial charge in [-0.3, -0.25) is 19.3 Å². The number of phenols is 1. The number of thioether (sulfide) groups is 1. The zero-order valence-corrected chi connectivity index (χ0v) is 13.7. The Morgan fingerprint density at radius 1 is 1.38 bits per heavy atom. The topological polar surface area (TPSA) is 113 Å². The number of hydrogen-bond acceptors (Lipinski definition) is 7. The van der Waals surface area contributed by atoms with Crippen LogP contribution in [0.3, 0.4) is 0 Å². The lowest BCUT2D eigenvalue weighted by Crippen LogP contribution is -2.38. The summed E-state index contributed by atoms with van der Waals surface area (Å²) in [7, 11) is 0. The van der Waals surface area contributed by atoms with Crippen LogP contribution in [0.25, 0.3) is 0 Å². The molecule has 1 heterocycles. The van der Waals surface area contributed by atoms with Crippen LogP contribution in [0.4, 0.5) is 4.79 Å². The Morgan fingerprint density at radius 3 is 2.79 bits per heavy atom. The molecule has 0 radical (unpaired) electrons. The van der Waals surface area contributed by atoms with Gasteiger partial charge >= 0.3 is 5.97 Å². The number of ether oxygens (including phenoxy) is 1. The summed E-state index contributed by atoms with van der Waals surface area (Å²) in [6.45, 7) is 1.26. The summed E-state index contributed by atoms with van der Waals surface area (Å²) in [6.07, 6.45) is 0. The molecule has 1 saturated heterocycles. The van der Waals surface area contributed by atoms with E-state index in [2.05, 4.69) is 5.32 Å². The van der Waals surface area contributed by atoms with Crippen molar-refractivity contribution in [3.63, 3.8) is 0 Å². The van der Waals surface area contributed by atoms with E-state index in [9.17, 15) is 24.3 Å². The highest BCUT2D eigenvalue weighted by Gasteiger charge is 2.29. The second-order valence-corrected chi connectivity index (χ2v) is 5.92. The van der Waals surface area contributed by atoms with Crippen LogP contribution in [-0.4, -0.2) is 58.5 Å². The number of nitrogens with zero attached hydrogens (tertiary/aromatic N) is 1. The number of nitrogens with one attached hydrogen (secondary N) is 1. The molecule has 0 bridgehead atoms. The van der Waals surface area contributed by atoms with Crippen molar-refractivity contribution in [3.05, 3.63) is 29.3 Å². The summed E-state index contributed by atoms with van der Waals surface area (Å²) in [5, 5.41) is 11.9. The van der Waals surface area contributed by atoms with Crippen molar-refractivity contribution >= 4 is 34.8 Å². The Morgan fingerprint density at radius 2 is 2.12 bits per heavy atom. The maximum atomic E-state index is 11.8. The number of hydrogen-bond donors (Lipinski definition) is 2. The molecular formula is C15H16N2O6S. The van der Waals surface area contributed by atoms with Gasteiger partial charge < -0.3 is 15.2 Å². The number of benzene rings is 1. The first-order valence-electron chi connectivity index (χ1n) is 7.09. The van der Waals surface area contributed by atoms with Crippen LogP contribution in [0, 0.1) is 6.92 Å². The van der Waals surface area contributed by atoms with Crippen LogP contribution in [0.15, 0.2) is 18.2 Å². The summed E-state index contributed by atoms with van der Waals surface area (Å²) < 4.78 is 4.83. The van der Waals surface area contributed by atoms with Gasteiger partial charge in [0.2, 0.25) is 5.91 Å². The van der Waals surface area contributed by atoms with Crippen molar-refractivity contribution < 1.29 is 29.0 Å². The van der Waals surface area contributed by atoms with Gasteiger partial charge in [-0.2, -0.15) is 0 Å². The van der Waals surface area contributed by atoms with Crippen molar-refractivity contribution in [3.8, 4) is 5.75 Å². The van der Waals surface area contributed by atoms with E-state index >= 15 is 0 Å². The lowest BCUT2D eigenvalue weighted by atomic mass is 10.1. The Labute approximate surface area is 142 Å². The zero-order chi connectivity index (χ0) is 17.7. The summed E-state index contributed by atoms with van der Waals surface area (Å²) in [6, 6.07) is 4.62. The maximum absolute atomic E-state index is 11.8. The van der Waals surface area contributed by atoms with Crippen LogP contribution in [-0.2, 0) is 14.3 Å². The molecule has 128 valence electrons. The van der Waals surface area contributed by atoms with E-state index in [1.165, 1.54) is 6.07 Å². The molecule has 1 aliphatic rings. The highest BCUT2D eigenvalue weighted by molar-refractivity contribution is 8.14. The number of imide groups is 1. The number of phenolic OH excluding ortho intramolecular Hbond substituents is 1. The van der Waals surface area contributed by atoms with Gasteiger partial charge in [0.05, 0.1) is 5.75 Å². The normalized spacial score (nSPS) is 14.0. The molecule has 8 nitrogen and oxygen atoms in total. The molecule has 9 heteroatoms. The first-order chi connectivity index (χ1) is 11.4. The lowest BCUT2D eigenvalue weighted by molar-refractivity contribution is -0.126. The fourth-order valence-corrected chi connectivity index (χ4v) is 2.74. The van der Waals surface area contributed by atoms with Crippen molar-refractivity contribution in [2.24, 2.45) is 0 Å². The molecule has 1 aromatic rings. The number of rotatable bonds is 6. The van der Waals surface area contributed by atoms with E-state index in [0.717, 1.165) is 16.7 Å². The van der Waals surface area contributed by atoms with Crippen LogP contribution in [0.5, 0.6) is 5.75 Å². The van der Waals surface area contributed by atoms with Gasteiger partial charge in [0.1, 0.15) is 11.3 Å². The standard InChI is InChI=1S/C15H16N2O6S/c1-9-3-2-4-10(13(9)20)14(21)23-7-11(18)16-5-6-17-12(19)8-24-15(17)22/h2-4,20H,5-8H2,1H3,(H,16,18). The minimum Gasteiger partial charge on any atom is -0.507 e. The van der Waals surface area contributed by atoms with E-state index in [1.54, 1.807) is 19.1 Å². The first kappa shape index (κ1) is 17.8. The molecule has 0 aliphatic carbocycles. The molecule has 0 saturated carbocycles. The summed E-state index contributed by atoms with van der Waals surface area (Å²) in [4.78, 5) is 47.2. The molecule has 2 rings (SSSR count). The van der Waals surface area contributed by atoms with Crippen molar-refractivity contribution in [1.82, 2.24) is 10.2 Å². The van der Waals surface area contributed by atoms with E-state index in [4.69, 9.17) is 4.74 Å². The van der Waals surface area contributed by atoms with Gasteiger partial charge in [-0.1, -0.05) is 23.9 Å². The molecule has 0 spiro atoms. The number of para-hydroxylation sites is 1. The van der Waals surface area contributed by atoms with Crippen molar-refractivity contribution in [2.45, 2.75) is 6.92 Å². The van der Waals surface area contributed by atoms with E-state index in [0.29, 0.717) is 5.56 Å². The fourth-order valence-electron chi connectivity index (χ4n) is 1.99. The molecule has 1 aromatic carbocycles. The van der Waals surface area contributed by atoms with Gasteiger partial charge in [0, 0.05) is 13.1 Å². The van der Waals surface area contributed by atoms with Gasteiger partial charge in [0.15, 0.2) is 6.61 Å². The monoisotopic (exact) mass is 352 g/mol. The number of aryl methyl sites for hydroxylation is 1. The summed E-state index contributed by atoms with van der Waals surface area (Å²) >= 11 is 0.918. The van der Waals surface area contributed by atoms with Gasteiger partial charge in [-0.15, -0.1) is 0 Å². The van der Waals surface area contributed by atoms with Crippen LogP contribution < -0.4 is 5.32 Å². The predicted molar refractivity (Wildman–Crippen MR) is 85.7 cm³/mol. The van der Waals surface area contributed by atoms with Gasteiger partial charge in [-0.05, 0) is 18.6 Å². The SMILES string of the molecule is Cc1cccc(C(=O)OCC(=O)NCCN2C(=O)CSC2=O)c1O. The van der Waals surface area contributed by atoms with Crippen molar-refractivity contribution in [2.75, 3.05) is 25.4 Å². The molecule has 24 heavy (non-hydrogen) atoms. The average molecular weight is 352 g/mol. The molecule has 0 aromatic heterocycles. The van der Waals surface area contributed by atoms with E-state index < -0.39 is 18.5 Å². The number of carbonyl (C=O) groups excluding carboxylic acids is 4. The Balaban J connectivity index is 1.75. The smallest absolute Gasteiger partial charge is 0.342 e. The molecular weight excluding hydrogens is 336 g/mol. The third-order valence-electron chi connectivity index (χ3n) is 3.29. The number of aromatic hydroxyl groups is 1. The summed E-state index contributed by atoms with van der Waals surface area (Å²) in [5.74, 6) is -1.74. The number of esters is 1. The van der Waals surface area contributed by atoms with Gasteiger partial charge in [0.25, 0.3) is 11.1 Å². The van der Waals surface area contributed by atoms with Crippen molar-refractivity contribution in [1.29, 1.82) is 0 Å². The third-order valence-corrected chi connectivity index (χ3v) is 4.15. The predicted octanol–water partition coefficient (Wildman–Crippen LogP) is 0.669. The van der Waals surface area contributed by atoms with E-state index in [-0.39, 0.29) is 41.3 Å². The fraction of sp³-hybridized carbons (Fsp3) is 0.333. The Bertz CT molecular complexity index is 675. The molecule has 2 N–H and O–H groups in total. The highest BCUT2D eigenvalue weighted by atomic mass is 32.2. The molecule has 0 unspecified atom stereocenters. The van der Waals surface area contributed by atoms with Crippen LogP contribution in [0.1, 0.15) is 15.9 Å². The highest BCUT2D eigenvalue weighted by Crippen LogP contribution is 2.22. The van der Waals surface area contributed by atoms with Crippen LogP contribution in [0.2, 0.25) is 0 Å². The molecule has 0 atom stereocenters. The minimum absolute atomic E-state index is 0.0203. The third kappa shape index (κ3) is 4.25.